The maximum absolute atomic E-state index is 12.0. The molecule has 158 valence electrons. The molecular weight excluding hydrogens is 372 g/mol. The van der Waals surface area contributed by atoms with Gasteiger partial charge >= 0.3 is 0 Å². The molecule has 1 aliphatic rings. The minimum Gasteiger partial charge on any atom is -0.493 e. The van der Waals surface area contributed by atoms with Gasteiger partial charge in [0.15, 0.2) is 11.5 Å². The van der Waals surface area contributed by atoms with Crippen LogP contribution in [0.1, 0.15) is 30.0 Å². The lowest BCUT2D eigenvalue weighted by molar-refractivity contribution is 0.202. The van der Waals surface area contributed by atoms with E-state index in [1.165, 1.54) is 0 Å². The maximum atomic E-state index is 12.0. The van der Waals surface area contributed by atoms with Crippen molar-refractivity contribution in [3.8, 4) is 17.2 Å². The molecule has 8 heteroatoms. The molecule has 1 N–H and O–H groups in total. The number of hydrogen-bond donors (Lipinski definition) is 1. The van der Waals surface area contributed by atoms with E-state index < -0.39 is 0 Å². The number of ether oxygens (including phenoxy) is 3. The lowest BCUT2D eigenvalue weighted by Crippen LogP contribution is -2.33. The zero-order valence-corrected chi connectivity index (χ0v) is 17.8. The van der Waals surface area contributed by atoms with E-state index >= 15 is 0 Å². The first-order valence-corrected chi connectivity index (χ1v) is 9.75. The molecule has 0 atom stereocenters. The van der Waals surface area contributed by atoms with Crippen LogP contribution in [0, 0.1) is 0 Å². The molecule has 2 heterocycles. The molecule has 1 saturated heterocycles. The van der Waals surface area contributed by atoms with Crippen LogP contribution in [-0.4, -0.2) is 63.4 Å². The average molecular weight is 402 g/mol. The van der Waals surface area contributed by atoms with Crippen LogP contribution in [-0.2, 0) is 6.54 Å². The van der Waals surface area contributed by atoms with Crippen molar-refractivity contribution in [2.45, 2.75) is 25.3 Å². The second-order valence-corrected chi connectivity index (χ2v) is 7.47. The predicted octanol–water partition coefficient (Wildman–Crippen LogP) is 2.24. The predicted molar refractivity (Wildman–Crippen MR) is 113 cm³/mol. The number of nitrogens with zero attached hydrogens (tertiary/aromatic N) is 3. The first-order chi connectivity index (χ1) is 13.9. The van der Waals surface area contributed by atoms with Gasteiger partial charge in [-0.2, -0.15) is 0 Å². The molecule has 8 nitrogen and oxygen atoms in total. The highest BCUT2D eigenvalue weighted by Gasteiger charge is 2.23. The molecule has 29 heavy (non-hydrogen) atoms. The Kier molecular flexibility index (Phi) is 6.64. The van der Waals surface area contributed by atoms with Crippen molar-refractivity contribution >= 4 is 5.95 Å². The maximum Gasteiger partial charge on any atom is 0.252 e. The standard InChI is InChI=1S/C21H30N4O4/c1-24(2)21-22-16(12-19(26)23-21)15-6-8-25(9-7-15)13-14-10-17(27-3)20(29-5)18(11-14)28-4/h10-12,15H,6-9,13H2,1-5H3,(H,22,23,26). The quantitative estimate of drug-likeness (QED) is 0.761. The molecule has 1 aromatic carbocycles. The normalized spacial score (nSPS) is 15.2. The molecule has 0 aliphatic carbocycles. The molecular formula is C21H30N4O4. The van der Waals surface area contributed by atoms with Gasteiger partial charge in [-0.15, -0.1) is 0 Å². The monoisotopic (exact) mass is 402 g/mol. The molecule has 1 fully saturated rings. The largest absolute Gasteiger partial charge is 0.493 e. The summed E-state index contributed by atoms with van der Waals surface area (Å²) in [6.45, 7) is 2.68. The van der Waals surface area contributed by atoms with Crippen LogP contribution in [0.5, 0.6) is 17.2 Å². The van der Waals surface area contributed by atoms with E-state index in [4.69, 9.17) is 14.2 Å². The Balaban J connectivity index is 1.68. The first-order valence-electron chi connectivity index (χ1n) is 9.75. The Morgan fingerprint density at radius 1 is 1.07 bits per heavy atom. The minimum absolute atomic E-state index is 0.0986. The Hall–Kier alpha value is -2.74. The fraction of sp³-hybridized carbons (Fsp3) is 0.524. The third-order valence-electron chi connectivity index (χ3n) is 5.31. The number of piperidine rings is 1. The van der Waals surface area contributed by atoms with Crippen LogP contribution >= 0.6 is 0 Å². The summed E-state index contributed by atoms with van der Waals surface area (Å²) in [5, 5.41) is 0. The topological polar surface area (TPSA) is 79.9 Å². The smallest absolute Gasteiger partial charge is 0.252 e. The highest BCUT2D eigenvalue weighted by molar-refractivity contribution is 5.53. The molecule has 1 aliphatic heterocycles. The molecule has 2 aromatic rings. The van der Waals surface area contributed by atoms with Crippen molar-refractivity contribution in [1.82, 2.24) is 14.9 Å². The zero-order chi connectivity index (χ0) is 21.0. The molecule has 0 saturated carbocycles. The van der Waals surface area contributed by atoms with Gasteiger partial charge in [-0.05, 0) is 43.6 Å². The van der Waals surface area contributed by atoms with Crippen molar-refractivity contribution in [2.75, 3.05) is 53.4 Å². The number of hydrogen-bond acceptors (Lipinski definition) is 7. The number of likely N-dealkylation sites (tertiary alicyclic amines) is 1. The molecule has 0 spiro atoms. The number of nitrogens with one attached hydrogen (secondary N) is 1. The van der Waals surface area contributed by atoms with Crippen LogP contribution in [0.15, 0.2) is 23.0 Å². The van der Waals surface area contributed by atoms with Crippen LogP contribution in [0.2, 0.25) is 0 Å². The Bertz CT molecular complexity index is 863. The molecule has 0 radical (unpaired) electrons. The van der Waals surface area contributed by atoms with E-state index in [1.807, 2.05) is 31.1 Å². The number of aromatic amines is 1. The van der Waals surface area contributed by atoms with Gasteiger partial charge in [0.2, 0.25) is 11.7 Å². The lowest BCUT2D eigenvalue weighted by atomic mass is 9.93. The summed E-state index contributed by atoms with van der Waals surface area (Å²) in [5.41, 5.74) is 1.89. The first kappa shape index (κ1) is 21.0. The van der Waals surface area contributed by atoms with Crippen LogP contribution in [0.3, 0.4) is 0 Å². The van der Waals surface area contributed by atoms with Gasteiger partial charge in [-0.1, -0.05) is 0 Å². The molecule has 0 unspecified atom stereocenters. The van der Waals surface area contributed by atoms with E-state index in [1.54, 1.807) is 27.4 Å². The van der Waals surface area contributed by atoms with Gasteiger partial charge in [0.25, 0.3) is 5.56 Å². The van der Waals surface area contributed by atoms with Crippen LogP contribution in [0.4, 0.5) is 5.95 Å². The number of H-pyrrole nitrogens is 1. The summed E-state index contributed by atoms with van der Waals surface area (Å²) in [7, 11) is 8.62. The van der Waals surface area contributed by atoms with Gasteiger partial charge in [0, 0.05) is 32.6 Å². The van der Waals surface area contributed by atoms with Crippen LogP contribution < -0.4 is 24.7 Å². The number of anilines is 1. The third kappa shape index (κ3) is 4.82. The van der Waals surface area contributed by atoms with Crippen molar-refractivity contribution in [1.29, 1.82) is 0 Å². The van der Waals surface area contributed by atoms with E-state index in [0.29, 0.717) is 29.1 Å². The summed E-state index contributed by atoms with van der Waals surface area (Å²) in [4.78, 5) is 23.6. The molecule has 0 bridgehead atoms. The second kappa shape index (κ2) is 9.17. The SMILES string of the molecule is COc1cc(CN2CCC(c3cc(=O)[nH]c(N(C)C)n3)CC2)cc(OC)c1OC. The number of benzene rings is 1. The van der Waals surface area contributed by atoms with Gasteiger partial charge in [-0.3, -0.25) is 14.7 Å². The summed E-state index contributed by atoms with van der Waals surface area (Å²) in [6.07, 6.45) is 1.93. The van der Waals surface area contributed by atoms with Crippen molar-refractivity contribution in [3.63, 3.8) is 0 Å². The lowest BCUT2D eigenvalue weighted by Gasteiger charge is -2.32. The van der Waals surface area contributed by atoms with Crippen molar-refractivity contribution in [3.05, 3.63) is 39.8 Å². The van der Waals surface area contributed by atoms with Crippen molar-refractivity contribution < 1.29 is 14.2 Å². The summed E-state index contributed by atoms with van der Waals surface area (Å²) in [5.74, 6) is 2.84. The number of aromatic nitrogens is 2. The van der Waals surface area contributed by atoms with Gasteiger partial charge in [0.05, 0.1) is 27.0 Å². The van der Waals surface area contributed by atoms with Gasteiger partial charge in [0.1, 0.15) is 0 Å². The van der Waals surface area contributed by atoms with Gasteiger partial charge < -0.3 is 19.1 Å². The highest BCUT2D eigenvalue weighted by Crippen LogP contribution is 2.38. The van der Waals surface area contributed by atoms with E-state index in [9.17, 15) is 4.79 Å². The Labute approximate surface area is 171 Å². The number of rotatable bonds is 7. The summed E-state index contributed by atoms with van der Waals surface area (Å²) in [6, 6.07) is 5.62. The van der Waals surface area contributed by atoms with E-state index in [-0.39, 0.29) is 5.56 Å². The minimum atomic E-state index is -0.0986. The van der Waals surface area contributed by atoms with Crippen molar-refractivity contribution in [2.24, 2.45) is 0 Å². The third-order valence-corrected chi connectivity index (χ3v) is 5.31. The van der Waals surface area contributed by atoms with Crippen LogP contribution in [0.25, 0.3) is 0 Å². The molecule has 3 rings (SSSR count). The Morgan fingerprint density at radius 2 is 1.69 bits per heavy atom. The highest BCUT2D eigenvalue weighted by atomic mass is 16.5. The molecule has 0 amide bonds. The summed E-state index contributed by atoms with van der Waals surface area (Å²) >= 11 is 0. The average Bonchev–Trinajstić information content (AvgIpc) is 2.73. The summed E-state index contributed by atoms with van der Waals surface area (Å²) < 4.78 is 16.3. The fourth-order valence-electron chi connectivity index (χ4n) is 3.76. The zero-order valence-electron chi connectivity index (χ0n) is 17.8. The second-order valence-electron chi connectivity index (χ2n) is 7.47. The van der Waals surface area contributed by atoms with Gasteiger partial charge in [-0.25, -0.2) is 4.98 Å². The Morgan fingerprint density at radius 3 is 2.21 bits per heavy atom. The number of methoxy groups -OCH3 is 3. The molecule has 1 aromatic heterocycles. The van der Waals surface area contributed by atoms with E-state index in [2.05, 4.69) is 14.9 Å². The fourth-order valence-corrected chi connectivity index (χ4v) is 3.76. The van der Waals surface area contributed by atoms with E-state index in [0.717, 1.165) is 43.7 Å².